The summed E-state index contributed by atoms with van der Waals surface area (Å²) in [6, 6.07) is 13.6. The van der Waals surface area contributed by atoms with E-state index in [0.717, 1.165) is 22.1 Å². The highest BCUT2D eigenvalue weighted by atomic mass is 79.9. The second-order valence-electron chi connectivity index (χ2n) is 5.21. The molecule has 0 radical (unpaired) electrons. The molecule has 22 heavy (non-hydrogen) atoms. The first-order valence-corrected chi connectivity index (χ1v) is 8.11. The second kappa shape index (κ2) is 7.45. The number of amides is 1. The van der Waals surface area contributed by atoms with Crippen LogP contribution in [-0.2, 0) is 11.2 Å². The van der Waals surface area contributed by atoms with Crippen LogP contribution in [0.5, 0.6) is 5.75 Å². The van der Waals surface area contributed by atoms with Crippen LogP contribution in [0.2, 0.25) is 0 Å². The number of carbonyl (C=O) groups excluding carboxylic acids is 1. The number of carbonyl (C=O) groups is 1. The molecular weight excluding hydrogens is 342 g/mol. The molecule has 2 aromatic rings. The monoisotopic (exact) mass is 361 g/mol. The van der Waals surface area contributed by atoms with Crippen LogP contribution >= 0.6 is 15.9 Å². The first-order valence-electron chi connectivity index (χ1n) is 7.32. The summed E-state index contributed by atoms with van der Waals surface area (Å²) in [5.74, 6) is 0.539. The molecule has 1 N–H and O–H groups in total. The van der Waals surface area contributed by atoms with E-state index in [4.69, 9.17) is 4.74 Å². The minimum atomic E-state index is -0.560. The van der Waals surface area contributed by atoms with Crippen molar-refractivity contribution < 1.29 is 9.53 Å². The van der Waals surface area contributed by atoms with Gasteiger partial charge in [-0.2, -0.15) is 0 Å². The van der Waals surface area contributed by atoms with E-state index in [-0.39, 0.29) is 5.91 Å². The molecule has 1 unspecified atom stereocenters. The topological polar surface area (TPSA) is 38.3 Å². The van der Waals surface area contributed by atoms with Gasteiger partial charge in [-0.05, 0) is 61.7 Å². The Morgan fingerprint density at radius 2 is 1.91 bits per heavy atom. The summed E-state index contributed by atoms with van der Waals surface area (Å²) < 4.78 is 6.68. The fourth-order valence-corrected chi connectivity index (χ4v) is 2.54. The average molecular weight is 362 g/mol. The van der Waals surface area contributed by atoms with Gasteiger partial charge in [0.05, 0.1) is 0 Å². The smallest absolute Gasteiger partial charge is 0.265 e. The van der Waals surface area contributed by atoms with E-state index in [1.54, 1.807) is 6.92 Å². The van der Waals surface area contributed by atoms with Gasteiger partial charge >= 0.3 is 0 Å². The lowest BCUT2D eigenvalue weighted by molar-refractivity contribution is -0.122. The second-order valence-corrected chi connectivity index (χ2v) is 6.12. The number of hydrogen-bond acceptors (Lipinski definition) is 2. The van der Waals surface area contributed by atoms with E-state index < -0.39 is 6.10 Å². The maximum Gasteiger partial charge on any atom is 0.265 e. The van der Waals surface area contributed by atoms with Crippen LogP contribution in [0.4, 0.5) is 5.69 Å². The van der Waals surface area contributed by atoms with Gasteiger partial charge in [0.15, 0.2) is 6.10 Å². The summed E-state index contributed by atoms with van der Waals surface area (Å²) in [5, 5.41) is 2.90. The van der Waals surface area contributed by atoms with E-state index >= 15 is 0 Å². The van der Waals surface area contributed by atoms with Crippen molar-refractivity contribution in [1.29, 1.82) is 0 Å². The number of benzene rings is 2. The number of nitrogens with one attached hydrogen (secondary N) is 1. The third-order valence-electron chi connectivity index (χ3n) is 3.46. The van der Waals surface area contributed by atoms with Crippen molar-refractivity contribution in [2.75, 3.05) is 5.32 Å². The number of anilines is 1. The van der Waals surface area contributed by atoms with Crippen LogP contribution in [0, 0.1) is 6.92 Å². The number of halogens is 1. The molecule has 0 aliphatic heterocycles. The van der Waals surface area contributed by atoms with Crippen molar-refractivity contribution in [3.63, 3.8) is 0 Å². The van der Waals surface area contributed by atoms with Gasteiger partial charge in [-0.3, -0.25) is 4.79 Å². The minimum absolute atomic E-state index is 0.162. The van der Waals surface area contributed by atoms with Crippen molar-refractivity contribution in [2.24, 2.45) is 0 Å². The summed E-state index contributed by atoms with van der Waals surface area (Å²) in [6.07, 6.45) is 0.426. The van der Waals surface area contributed by atoms with Crippen LogP contribution < -0.4 is 10.1 Å². The number of ether oxygens (including phenoxy) is 1. The van der Waals surface area contributed by atoms with Gasteiger partial charge in [-0.15, -0.1) is 0 Å². The van der Waals surface area contributed by atoms with Crippen molar-refractivity contribution >= 4 is 27.5 Å². The minimum Gasteiger partial charge on any atom is -0.481 e. The van der Waals surface area contributed by atoms with Crippen LogP contribution in [0.1, 0.15) is 25.0 Å². The Morgan fingerprint density at radius 3 is 2.50 bits per heavy atom. The predicted octanol–water partition coefficient (Wildman–Crippen LogP) is 4.73. The molecule has 0 aliphatic rings. The Hall–Kier alpha value is -1.81. The van der Waals surface area contributed by atoms with E-state index in [1.807, 2.05) is 49.4 Å². The largest absolute Gasteiger partial charge is 0.481 e. The lowest BCUT2D eigenvalue weighted by Crippen LogP contribution is -2.30. The molecule has 0 spiro atoms. The van der Waals surface area contributed by atoms with Crippen LogP contribution in [0.3, 0.4) is 0 Å². The van der Waals surface area contributed by atoms with Gasteiger partial charge in [0.2, 0.25) is 0 Å². The summed E-state index contributed by atoms with van der Waals surface area (Å²) in [7, 11) is 0. The predicted molar refractivity (Wildman–Crippen MR) is 93.4 cm³/mol. The summed E-state index contributed by atoms with van der Waals surface area (Å²) in [4.78, 5) is 12.2. The van der Waals surface area contributed by atoms with Crippen LogP contribution in [-0.4, -0.2) is 12.0 Å². The molecule has 2 aromatic carbocycles. The van der Waals surface area contributed by atoms with Gasteiger partial charge in [-0.25, -0.2) is 0 Å². The van der Waals surface area contributed by atoms with Gasteiger partial charge in [-0.1, -0.05) is 35.0 Å². The van der Waals surface area contributed by atoms with Crippen molar-refractivity contribution in [3.8, 4) is 5.75 Å². The molecule has 116 valence electrons. The molecule has 2 rings (SSSR count). The normalized spacial score (nSPS) is 11.8. The molecule has 1 atom stereocenters. The Morgan fingerprint density at radius 1 is 1.23 bits per heavy atom. The van der Waals surface area contributed by atoms with Crippen molar-refractivity contribution in [1.82, 2.24) is 0 Å². The first kappa shape index (κ1) is 16.6. The van der Waals surface area contributed by atoms with E-state index in [1.165, 1.54) is 5.56 Å². The Labute approximate surface area is 139 Å². The Kier molecular flexibility index (Phi) is 5.61. The van der Waals surface area contributed by atoms with Crippen LogP contribution in [0.25, 0.3) is 0 Å². The van der Waals surface area contributed by atoms with Gasteiger partial charge in [0.25, 0.3) is 5.91 Å². The first-order chi connectivity index (χ1) is 10.5. The Bertz CT molecular complexity index is 653. The quantitative estimate of drug-likeness (QED) is 0.835. The molecule has 0 aliphatic carbocycles. The third kappa shape index (κ3) is 4.34. The van der Waals surface area contributed by atoms with Gasteiger partial charge in [0, 0.05) is 10.2 Å². The highest BCUT2D eigenvalue weighted by molar-refractivity contribution is 9.10. The van der Waals surface area contributed by atoms with E-state index in [0.29, 0.717) is 5.75 Å². The lowest BCUT2D eigenvalue weighted by Gasteiger charge is -2.16. The molecule has 0 heterocycles. The highest BCUT2D eigenvalue weighted by Gasteiger charge is 2.15. The summed E-state index contributed by atoms with van der Waals surface area (Å²) >= 11 is 3.41. The van der Waals surface area contributed by atoms with E-state index in [9.17, 15) is 4.79 Å². The maximum atomic E-state index is 12.2. The molecule has 4 heteroatoms. The maximum absolute atomic E-state index is 12.2. The fourth-order valence-electron chi connectivity index (χ4n) is 2.06. The zero-order chi connectivity index (χ0) is 16.1. The zero-order valence-electron chi connectivity index (χ0n) is 13.0. The zero-order valence-corrected chi connectivity index (χ0v) is 14.6. The molecule has 3 nitrogen and oxygen atoms in total. The lowest BCUT2D eigenvalue weighted by atomic mass is 10.2. The highest BCUT2D eigenvalue weighted by Crippen LogP contribution is 2.21. The molecule has 0 saturated carbocycles. The standard InChI is InChI=1S/C18H20BrNO2/c1-4-14-5-8-16(9-6-14)22-13(3)18(21)20-17-10-7-15(19)11-12(17)2/h5-11,13H,4H2,1-3H3,(H,20,21). The van der Waals surface area contributed by atoms with Crippen molar-refractivity contribution in [2.45, 2.75) is 33.3 Å². The average Bonchev–Trinajstić information content (AvgIpc) is 2.50. The third-order valence-corrected chi connectivity index (χ3v) is 3.95. The number of aryl methyl sites for hydroxylation is 2. The van der Waals surface area contributed by atoms with Gasteiger partial charge in [0.1, 0.15) is 5.75 Å². The van der Waals surface area contributed by atoms with Crippen LogP contribution in [0.15, 0.2) is 46.9 Å². The molecule has 0 aromatic heterocycles. The molecular formula is C18H20BrNO2. The molecule has 0 fully saturated rings. The van der Waals surface area contributed by atoms with E-state index in [2.05, 4.69) is 28.2 Å². The summed E-state index contributed by atoms with van der Waals surface area (Å²) in [5.41, 5.74) is 3.04. The Balaban J connectivity index is 1.99. The number of hydrogen-bond donors (Lipinski definition) is 1. The SMILES string of the molecule is CCc1ccc(OC(C)C(=O)Nc2ccc(Br)cc2C)cc1. The molecule has 1 amide bonds. The molecule has 0 saturated heterocycles. The van der Waals surface area contributed by atoms with Crippen molar-refractivity contribution in [3.05, 3.63) is 58.1 Å². The molecule has 0 bridgehead atoms. The fraction of sp³-hybridized carbons (Fsp3) is 0.278. The summed E-state index contributed by atoms with van der Waals surface area (Å²) in [6.45, 7) is 5.80. The number of rotatable bonds is 5. The van der Waals surface area contributed by atoms with Gasteiger partial charge < -0.3 is 10.1 Å².